The van der Waals surface area contributed by atoms with Gasteiger partial charge in [-0.3, -0.25) is 14.5 Å². The van der Waals surface area contributed by atoms with Gasteiger partial charge in [0.2, 0.25) is 0 Å². The normalized spacial score (nSPS) is 13.3. The molecule has 2 amide bonds. The Hall–Kier alpha value is -2.69. The molecule has 0 radical (unpaired) electrons. The van der Waals surface area contributed by atoms with Gasteiger partial charge in [-0.05, 0) is 46.6 Å². The van der Waals surface area contributed by atoms with Gasteiger partial charge in [-0.25, -0.2) is 4.79 Å². The summed E-state index contributed by atoms with van der Waals surface area (Å²) in [4.78, 5) is 35.3. The second-order valence-electron chi connectivity index (χ2n) is 15.0. The summed E-state index contributed by atoms with van der Waals surface area (Å²) < 4.78 is 5.32. The third kappa shape index (κ3) is 20.2. The summed E-state index contributed by atoms with van der Waals surface area (Å²) in [6.45, 7) is 35.9. The zero-order valence-corrected chi connectivity index (χ0v) is 28.4. The van der Waals surface area contributed by atoms with Crippen molar-refractivity contribution in [1.82, 2.24) is 4.90 Å². The zero-order valence-electron chi connectivity index (χ0n) is 28.4. The van der Waals surface area contributed by atoms with E-state index >= 15 is 0 Å². The number of ether oxygens (including phenoxy) is 1. The summed E-state index contributed by atoms with van der Waals surface area (Å²) in [7, 11) is 0. The summed E-state index contributed by atoms with van der Waals surface area (Å²) >= 11 is 0. The van der Waals surface area contributed by atoms with Crippen molar-refractivity contribution in [2.24, 2.45) is 21.7 Å². The van der Waals surface area contributed by atoms with E-state index in [0.717, 1.165) is 11.1 Å². The van der Waals surface area contributed by atoms with E-state index in [-0.39, 0.29) is 28.6 Å². The molecule has 0 atom stereocenters. The van der Waals surface area contributed by atoms with Gasteiger partial charge in [-0.15, -0.1) is 6.58 Å². The van der Waals surface area contributed by atoms with E-state index in [4.69, 9.17) is 4.74 Å². The highest BCUT2D eigenvalue weighted by Gasteiger charge is 2.27. The number of hydrogen-bond acceptors (Lipinski definition) is 4. The van der Waals surface area contributed by atoms with E-state index in [2.05, 4.69) is 55.0 Å². The Labute approximate surface area is 246 Å². The minimum absolute atomic E-state index is 0.00620. The third-order valence-electron chi connectivity index (χ3n) is 5.53. The molecule has 0 aromatic heterocycles. The largest absolute Gasteiger partial charge is 0.462 e. The van der Waals surface area contributed by atoms with Crippen molar-refractivity contribution < 1.29 is 19.1 Å². The van der Waals surface area contributed by atoms with E-state index in [0.29, 0.717) is 29.5 Å². The molecule has 2 rings (SSSR count). The maximum absolute atomic E-state index is 11.9. The first kappa shape index (κ1) is 39.5. The van der Waals surface area contributed by atoms with Crippen LogP contribution in [-0.2, 0) is 14.3 Å². The highest BCUT2D eigenvalue weighted by molar-refractivity contribution is 6.12. The van der Waals surface area contributed by atoms with Crippen molar-refractivity contribution in [2.75, 3.05) is 13.2 Å². The Morgan fingerprint density at radius 1 is 0.800 bits per heavy atom. The zero-order chi connectivity index (χ0) is 32.1. The molecule has 1 aliphatic heterocycles. The lowest BCUT2D eigenvalue weighted by molar-refractivity contribution is -0.138. The molecule has 0 saturated carbocycles. The minimum Gasteiger partial charge on any atom is -0.462 e. The molecular weight excluding hydrogens is 498 g/mol. The van der Waals surface area contributed by atoms with Gasteiger partial charge in [0.15, 0.2) is 0 Å². The maximum Gasteiger partial charge on any atom is 0.338 e. The molecule has 5 nitrogen and oxygen atoms in total. The van der Waals surface area contributed by atoms with Crippen LogP contribution in [0.4, 0.5) is 0 Å². The molecule has 0 N–H and O–H groups in total. The number of amides is 2. The van der Waals surface area contributed by atoms with Crippen molar-refractivity contribution in [3.05, 3.63) is 59.7 Å². The molecule has 228 valence electrons. The maximum atomic E-state index is 11.9. The Morgan fingerprint density at radius 3 is 1.45 bits per heavy atom. The fraction of sp³-hybridized carbons (Fsp3) is 0.629. The van der Waals surface area contributed by atoms with Crippen LogP contribution in [0.5, 0.6) is 0 Å². The van der Waals surface area contributed by atoms with E-state index in [1.165, 1.54) is 23.5 Å². The number of allylic oxidation sites excluding steroid dienone is 1. The van der Waals surface area contributed by atoms with Crippen molar-refractivity contribution in [1.29, 1.82) is 0 Å². The summed E-state index contributed by atoms with van der Waals surface area (Å²) in [6, 6.07) is 5.81. The van der Waals surface area contributed by atoms with Crippen molar-refractivity contribution in [3.8, 4) is 0 Å². The van der Waals surface area contributed by atoms with Crippen LogP contribution >= 0.6 is 0 Å². The van der Waals surface area contributed by atoms with E-state index in [9.17, 15) is 14.4 Å². The van der Waals surface area contributed by atoms with Crippen molar-refractivity contribution in [3.63, 3.8) is 0 Å². The van der Waals surface area contributed by atoms with Gasteiger partial charge >= 0.3 is 5.97 Å². The average molecular weight is 558 g/mol. The second kappa shape index (κ2) is 16.5. The molecule has 1 heterocycles. The summed E-state index contributed by atoms with van der Waals surface area (Å²) in [5.74, 6) is -0.615. The van der Waals surface area contributed by atoms with Crippen molar-refractivity contribution >= 4 is 17.8 Å². The number of carbonyl (C=O) groups excluding carboxylic acids is 3. The van der Waals surface area contributed by atoms with Crippen LogP contribution in [0.2, 0.25) is 0 Å². The fourth-order valence-electron chi connectivity index (χ4n) is 2.55. The summed E-state index contributed by atoms with van der Waals surface area (Å²) in [6.07, 6.45) is 5.84. The Kier molecular flexibility index (Phi) is 16.3. The SMILES string of the molecule is C=CC(C)(C)C.CC(C)(C)CN1C(=O)C=CC1=O.CCC(C)(C)C.Cc1cccc(C)c1C(=O)OCC(C)(C)C. The van der Waals surface area contributed by atoms with Crippen LogP contribution in [0.1, 0.15) is 118 Å². The molecule has 0 spiro atoms. The lowest BCUT2D eigenvalue weighted by Gasteiger charge is -2.24. The van der Waals surface area contributed by atoms with Crippen LogP contribution in [0.15, 0.2) is 43.0 Å². The number of nitrogens with zero attached hydrogens (tertiary/aromatic N) is 1. The summed E-state index contributed by atoms with van der Waals surface area (Å²) in [5.41, 5.74) is 3.47. The third-order valence-corrected chi connectivity index (χ3v) is 5.53. The number of rotatable bonds is 3. The predicted molar refractivity (Wildman–Crippen MR) is 170 cm³/mol. The first-order valence-electron chi connectivity index (χ1n) is 14.2. The first-order chi connectivity index (χ1) is 17.8. The molecule has 0 bridgehead atoms. The molecule has 5 heteroatoms. The number of carbonyl (C=O) groups is 3. The topological polar surface area (TPSA) is 63.7 Å². The number of imide groups is 1. The molecule has 0 unspecified atom stereocenters. The van der Waals surface area contributed by atoms with Gasteiger partial charge in [0.25, 0.3) is 11.8 Å². The Bertz CT molecular complexity index is 952. The van der Waals surface area contributed by atoms with E-state index in [1.807, 2.05) is 79.7 Å². The second-order valence-corrected chi connectivity index (χ2v) is 15.0. The van der Waals surface area contributed by atoms with Crippen molar-refractivity contribution in [2.45, 2.75) is 110 Å². The van der Waals surface area contributed by atoms with Gasteiger partial charge in [-0.1, -0.05) is 121 Å². The number of hydrogen-bond donors (Lipinski definition) is 0. The van der Waals surface area contributed by atoms with Gasteiger partial charge in [0, 0.05) is 18.7 Å². The smallest absolute Gasteiger partial charge is 0.338 e. The van der Waals surface area contributed by atoms with Crippen LogP contribution in [0, 0.1) is 35.5 Å². The number of esters is 1. The van der Waals surface area contributed by atoms with Crippen LogP contribution in [-0.4, -0.2) is 35.8 Å². The Balaban J connectivity index is 0. The molecule has 40 heavy (non-hydrogen) atoms. The standard InChI is InChI=1S/C14H20O2.C9H13NO2.C6H14.C6H12/c1-10-7-6-8-11(2)12(10)13(15)16-9-14(3,4)5;1-9(2,3)6-10-7(11)4-5-8(10)12;2*1-5-6(2,3)4/h6-8H,9H2,1-5H3;4-5H,6H2,1-3H3;5H2,1-4H3;5H,1H2,2-4H3. The highest BCUT2D eigenvalue weighted by atomic mass is 16.5. The summed E-state index contributed by atoms with van der Waals surface area (Å²) in [5, 5.41) is 0. The monoisotopic (exact) mass is 557 g/mol. The first-order valence-corrected chi connectivity index (χ1v) is 14.2. The lowest BCUT2D eigenvalue weighted by Crippen LogP contribution is -2.37. The van der Waals surface area contributed by atoms with Crippen LogP contribution in [0.25, 0.3) is 0 Å². The fourth-order valence-corrected chi connectivity index (χ4v) is 2.55. The molecule has 1 aliphatic rings. The van der Waals surface area contributed by atoms with Gasteiger partial charge < -0.3 is 4.74 Å². The predicted octanol–water partition coefficient (Wildman–Crippen LogP) is 9.12. The van der Waals surface area contributed by atoms with Gasteiger partial charge in [0.1, 0.15) is 0 Å². The van der Waals surface area contributed by atoms with Gasteiger partial charge in [-0.2, -0.15) is 0 Å². The molecule has 0 saturated heterocycles. The molecule has 0 fully saturated rings. The molecule has 1 aromatic carbocycles. The molecule has 1 aromatic rings. The van der Waals surface area contributed by atoms with Crippen LogP contribution < -0.4 is 0 Å². The molecule has 0 aliphatic carbocycles. The molecular formula is C35H59NO4. The van der Waals surface area contributed by atoms with Crippen LogP contribution in [0.3, 0.4) is 0 Å². The highest BCUT2D eigenvalue weighted by Crippen LogP contribution is 2.19. The number of benzene rings is 1. The van der Waals surface area contributed by atoms with E-state index < -0.39 is 0 Å². The van der Waals surface area contributed by atoms with Gasteiger partial charge in [0.05, 0.1) is 12.2 Å². The minimum atomic E-state index is -0.217. The van der Waals surface area contributed by atoms with E-state index in [1.54, 1.807) is 0 Å². The lowest BCUT2D eigenvalue weighted by atomic mass is 9.94. The Morgan fingerprint density at radius 2 is 1.18 bits per heavy atom. The number of aryl methyl sites for hydroxylation is 2. The average Bonchev–Trinajstić information content (AvgIpc) is 3.08. The quantitative estimate of drug-likeness (QED) is 0.211.